The van der Waals surface area contributed by atoms with Gasteiger partial charge in [0, 0.05) is 0 Å². The van der Waals surface area contributed by atoms with Crippen LogP contribution in [0.5, 0.6) is 0 Å². The lowest BCUT2D eigenvalue weighted by molar-refractivity contribution is -0.113. The molecule has 0 bridgehead atoms. The van der Waals surface area contributed by atoms with Crippen LogP contribution in [0.15, 0.2) is 25.8 Å². The number of nitrogens with two attached hydrogens (primary N) is 1. The van der Waals surface area contributed by atoms with Gasteiger partial charge in [0.15, 0.2) is 0 Å². The maximum Gasteiger partial charge on any atom is 0.240 e. The Bertz CT molecular complexity index is 68.5. The highest BCUT2D eigenvalue weighted by atomic mass is 16.1. The molecule has 1 amide bonds. The average Bonchev–Trinajstić information content (AvgIpc) is 1.73. The van der Waals surface area contributed by atoms with Gasteiger partial charge in [0.05, 0.1) is 0 Å². The van der Waals surface area contributed by atoms with Gasteiger partial charge in [0.2, 0.25) is 5.91 Å². The minimum absolute atomic E-state index is 0.481. The molecule has 0 saturated heterocycles. The molecule has 0 spiro atoms. The van der Waals surface area contributed by atoms with Gasteiger partial charge in [0.1, 0.15) is 0 Å². The fourth-order valence-electron chi connectivity index (χ4n) is 0. The van der Waals surface area contributed by atoms with Crippen molar-refractivity contribution in [2.75, 3.05) is 0 Å². The lowest BCUT2D eigenvalue weighted by atomic mass is 10.6. The average molecular weight is 99.1 g/mol. The smallest absolute Gasteiger partial charge is 0.240 e. The SMILES string of the molecule is C=C.C=CC(N)=O. The Kier molecular flexibility index (Phi) is 11.8. The number of hydrogen-bond donors (Lipinski definition) is 1. The molecular formula is C5H9NO. The topological polar surface area (TPSA) is 43.1 Å². The molecule has 0 rings (SSSR count). The van der Waals surface area contributed by atoms with E-state index in [9.17, 15) is 4.79 Å². The van der Waals surface area contributed by atoms with Gasteiger partial charge in [-0.3, -0.25) is 4.79 Å². The summed E-state index contributed by atoms with van der Waals surface area (Å²) in [5.41, 5.74) is 4.53. The second-order valence-electron chi connectivity index (χ2n) is 0.606. The van der Waals surface area contributed by atoms with Crippen molar-refractivity contribution in [3.05, 3.63) is 25.8 Å². The Labute approximate surface area is 43.3 Å². The van der Waals surface area contributed by atoms with Gasteiger partial charge in [-0.1, -0.05) is 6.58 Å². The number of amides is 1. The third kappa shape index (κ3) is 47.7. The van der Waals surface area contributed by atoms with Gasteiger partial charge < -0.3 is 5.73 Å². The van der Waals surface area contributed by atoms with E-state index in [1.54, 1.807) is 0 Å². The van der Waals surface area contributed by atoms with Gasteiger partial charge in [-0.25, -0.2) is 0 Å². The van der Waals surface area contributed by atoms with Crippen LogP contribution in [0, 0.1) is 0 Å². The van der Waals surface area contributed by atoms with Gasteiger partial charge in [-0.15, -0.1) is 13.2 Å². The molecule has 0 aromatic carbocycles. The summed E-state index contributed by atoms with van der Waals surface area (Å²) >= 11 is 0. The van der Waals surface area contributed by atoms with Crippen molar-refractivity contribution in [1.82, 2.24) is 0 Å². The van der Waals surface area contributed by atoms with E-state index in [4.69, 9.17) is 0 Å². The van der Waals surface area contributed by atoms with Crippen molar-refractivity contribution in [1.29, 1.82) is 0 Å². The Morgan fingerprint density at radius 2 is 1.71 bits per heavy atom. The van der Waals surface area contributed by atoms with Crippen molar-refractivity contribution >= 4 is 5.91 Å². The van der Waals surface area contributed by atoms with Gasteiger partial charge in [-0.05, 0) is 6.08 Å². The molecule has 0 unspecified atom stereocenters. The standard InChI is InChI=1S/C3H5NO.C2H4/c1-2-3(4)5;1-2/h2H,1H2,(H2,4,5);1-2H2. The molecule has 2 heteroatoms. The fourth-order valence-corrected chi connectivity index (χ4v) is 0. The number of rotatable bonds is 1. The Hall–Kier alpha value is -1.05. The molecule has 0 radical (unpaired) electrons. The molecule has 7 heavy (non-hydrogen) atoms. The van der Waals surface area contributed by atoms with Crippen LogP contribution in [0.1, 0.15) is 0 Å². The molecule has 2 nitrogen and oxygen atoms in total. The van der Waals surface area contributed by atoms with Crippen molar-refractivity contribution in [3.63, 3.8) is 0 Å². The quantitative estimate of drug-likeness (QED) is 0.376. The molecule has 0 aliphatic heterocycles. The summed E-state index contributed by atoms with van der Waals surface area (Å²) in [5, 5.41) is 0. The predicted molar refractivity (Wildman–Crippen MR) is 30.6 cm³/mol. The molecule has 40 valence electrons. The van der Waals surface area contributed by atoms with Crippen molar-refractivity contribution in [2.24, 2.45) is 5.73 Å². The first kappa shape index (κ1) is 9.34. The van der Waals surface area contributed by atoms with E-state index < -0.39 is 5.91 Å². The molecule has 0 heterocycles. The van der Waals surface area contributed by atoms with Gasteiger partial charge >= 0.3 is 0 Å². The number of carbonyl (C=O) groups excluding carboxylic acids is 1. The summed E-state index contributed by atoms with van der Waals surface area (Å²) in [5.74, 6) is -0.481. The van der Waals surface area contributed by atoms with Crippen molar-refractivity contribution < 1.29 is 4.79 Å². The minimum atomic E-state index is -0.481. The van der Waals surface area contributed by atoms with Crippen LogP contribution in [-0.4, -0.2) is 5.91 Å². The van der Waals surface area contributed by atoms with Crippen LogP contribution in [0.3, 0.4) is 0 Å². The van der Waals surface area contributed by atoms with Crippen molar-refractivity contribution in [3.8, 4) is 0 Å². The van der Waals surface area contributed by atoms with Crippen LogP contribution < -0.4 is 5.73 Å². The zero-order valence-electron chi connectivity index (χ0n) is 4.18. The molecule has 0 fully saturated rings. The highest BCUT2D eigenvalue weighted by Crippen LogP contribution is 1.48. The molecule has 0 saturated carbocycles. The normalized spacial score (nSPS) is 5.14. The lowest BCUT2D eigenvalue weighted by Crippen LogP contribution is -2.04. The van der Waals surface area contributed by atoms with E-state index in [1.165, 1.54) is 0 Å². The Balaban J connectivity index is 0. The monoisotopic (exact) mass is 99.1 g/mol. The van der Waals surface area contributed by atoms with E-state index in [-0.39, 0.29) is 0 Å². The molecule has 0 aliphatic carbocycles. The van der Waals surface area contributed by atoms with Gasteiger partial charge in [0.25, 0.3) is 0 Å². The largest absolute Gasteiger partial charge is 0.366 e. The molecule has 0 aromatic rings. The van der Waals surface area contributed by atoms with Crippen molar-refractivity contribution in [2.45, 2.75) is 0 Å². The first-order valence-corrected chi connectivity index (χ1v) is 1.69. The van der Waals surface area contributed by atoms with E-state index in [0.29, 0.717) is 0 Å². The molecule has 0 aliphatic rings. The van der Waals surface area contributed by atoms with Crippen LogP contribution in [0.25, 0.3) is 0 Å². The van der Waals surface area contributed by atoms with E-state index >= 15 is 0 Å². The highest BCUT2D eigenvalue weighted by molar-refractivity contribution is 5.84. The number of primary amides is 1. The summed E-state index contributed by atoms with van der Waals surface area (Å²) in [6.07, 6.45) is 1.06. The second kappa shape index (κ2) is 8.87. The van der Waals surface area contributed by atoms with E-state index in [0.717, 1.165) is 6.08 Å². The number of hydrogen-bond acceptors (Lipinski definition) is 1. The van der Waals surface area contributed by atoms with E-state index in [2.05, 4.69) is 25.5 Å². The van der Waals surface area contributed by atoms with E-state index in [1.807, 2.05) is 0 Å². The summed E-state index contributed by atoms with van der Waals surface area (Å²) in [4.78, 5) is 9.47. The summed E-state index contributed by atoms with van der Waals surface area (Å²) < 4.78 is 0. The second-order valence-corrected chi connectivity index (χ2v) is 0.606. The first-order valence-electron chi connectivity index (χ1n) is 1.69. The minimum Gasteiger partial charge on any atom is -0.366 e. The third-order valence-corrected chi connectivity index (χ3v) is 0.201. The third-order valence-electron chi connectivity index (χ3n) is 0.201. The molecule has 2 N–H and O–H groups in total. The highest BCUT2D eigenvalue weighted by Gasteiger charge is 1.69. The Morgan fingerprint density at radius 1 is 1.57 bits per heavy atom. The number of carbonyl (C=O) groups is 1. The van der Waals surface area contributed by atoms with Crippen LogP contribution >= 0.6 is 0 Å². The van der Waals surface area contributed by atoms with Crippen LogP contribution in [0.2, 0.25) is 0 Å². The summed E-state index contributed by atoms with van der Waals surface area (Å²) in [6.45, 7) is 9.09. The lowest BCUT2D eigenvalue weighted by Gasteiger charge is -1.65. The van der Waals surface area contributed by atoms with Gasteiger partial charge in [-0.2, -0.15) is 0 Å². The molecular weight excluding hydrogens is 90.1 g/mol. The summed E-state index contributed by atoms with van der Waals surface area (Å²) in [6, 6.07) is 0. The predicted octanol–water partition coefficient (Wildman–Crippen LogP) is 0.460. The maximum absolute atomic E-state index is 9.47. The fraction of sp³-hybridized carbons (Fsp3) is 0. The molecule has 0 atom stereocenters. The zero-order valence-corrected chi connectivity index (χ0v) is 4.18. The summed E-state index contributed by atoms with van der Waals surface area (Å²) in [7, 11) is 0. The molecule has 0 aromatic heterocycles. The Morgan fingerprint density at radius 3 is 1.71 bits per heavy atom. The zero-order chi connectivity index (χ0) is 6.28. The maximum atomic E-state index is 9.47. The van der Waals surface area contributed by atoms with Crippen LogP contribution in [-0.2, 0) is 4.79 Å². The van der Waals surface area contributed by atoms with Crippen LogP contribution in [0.4, 0.5) is 0 Å². The first-order chi connectivity index (χ1) is 3.27.